The number of nitrogens with zero attached hydrogens (tertiary/aromatic N) is 2. The molecule has 2 aliphatic rings. The van der Waals surface area contributed by atoms with Crippen LogP contribution in [0.1, 0.15) is 42.5 Å². The number of halogens is 3. The van der Waals surface area contributed by atoms with Crippen molar-refractivity contribution in [1.82, 2.24) is 4.57 Å². The lowest BCUT2D eigenvalue weighted by molar-refractivity contribution is -0.137. The maximum absolute atomic E-state index is 13.3. The van der Waals surface area contributed by atoms with Crippen molar-refractivity contribution in [2.75, 3.05) is 0 Å². The van der Waals surface area contributed by atoms with Crippen LogP contribution in [0.5, 0.6) is 11.8 Å². The number of aromatic hydroxyl groups is 2. The maximum atomic E-state index is 13.3. The first kappa shape index (κ1) is 17.7. The van der Waals surface area contributed by atoms with Crippen molar-refractivity contribution in [3.8, 4) is 23.5 Å². The van der Waals surface area contributed by atoms with Crippen LogP contribution in [0.4, 0.5) is 13.2 Å². The molecule has 4 rings (SSSR count). The minimum absolute atomic E-state index is 0.152. The summed E-state index contributed by atoms with van der Waals surface area (Å²) in [6, 6.07) is 4.35. The second-order valence-corrected chi connectivity index (χ2v) is 7.23. The van der Waals surface area contributed by atoms with Gasteiger partial charge in [-0.2, -0.15) is 18.4 Å². The zero-order valence-electron chi connectivity index (χ0n) is 14.3. The van der Waals surface area contributed by atoms with Crippen LogP contribution in [0.25, 0.3) is 5.69 Å². The highest BCUT2D eigenvalue weighted by Gasteiger charge is 2.64. The number of fused-ring (bicyclic) bond motifs is 5. The largest absolute Gasteiger partial charge is 0.494 e. The SMILES string of the molecule is C[C@@]12C[C@H](O)[C@](C)(O1)c1c2c(O)n(-c2ccc(C#N)c(C(F)(F)F)c2)c1O. The summed E-state index contributed by atoms with van der Waals surface area (Å²) in [6.07, 6.45) is -5.55. The van der Waals surface area contributed by atoms with Crippen LogP contribution in [0.3, 0.4) is 0 Å². The third kappa shape index (κ3) is 2.08. The van der Waals surface area contributed by atoms with E-state index in [-0.39, 0.29) is 23.2 Å². The van der Waals surface area contributed by atoms with Crippen LogP contribution >= 0.6 is 0 Å². The average molecular weight is 380 g/mol. The summed E-state index contributed by atoms with van der Waals surface area (Å²) in [5.74, 6) is -0.969. The normalized spacial score (nSPS) is 29.0. The molecule has 9 heteroatoms. The van der Waals surface area contributed by atoms with E-state index >= 15 is 0 Å². The van der Waals surface area contributed by atoms with E-state index in [0.29, 0.717) is 6.07 Å². The zero-order valence-corrected chi connectivity index (χ0v) is 14.3. The third-order valence-electron chi connectivity index (χ3n) is 5.49. The number of hydrogen-bond acceptors (Lipinski definition) is 5. The molecule has 2 bridgehead atoms. The van der Waals surface area contributed by atoms with Gasteiger partial charge in [-0.3, -0.25) is 4.57 Å². The third-order valence-corrected chi connectivity index (χ3v) is 5.49. The first-order valence-electron chi connectivity index (χ1n) is 8.11. The van der Waals surface area contributed by atoms with Gasteiger partial charge in [-0.15, -0.1) is 0 Å². The Hall–Kier alpha value is -2.70. The van der Waals surface area contributed by atoms with E-state index in [1.54, 1.807) is 13.8 Å². The lowest BCUT2D eigenvalue weighted by atomic mass is 9.78. The van der Waals surface area contributed by atoms with E-state index in [2.05, 4.69) is 0 Å². The first-order chi connectivity index (χ1) is 12.4. The molecular weight excluding hydrogens is 365 g/mol. The van der Waals surface area contributed by atoms with Crippen molar-refractivity contribution in [2.45, 2.75) is 43.8 Å². The van der Waals surface area contributed by atoms with Crippen LogP contribution < -0.4 is 0 Å². The van der Waals surface area contributed by atoms with Crippen LogP contribution in [-0.2, 0) is 22.1 Å². The number of ether oxygens (including phenoxy) is 1. The fourth-order valence-corrected chi connectivity index (χ4v) is 4.28. The Morgan fingerprint density at radius 1 is 1.22 bits per heavy atom. The van der Waals surface area contributed by atoms with E-state index in [1.165, 1.54) is 12.1 Å². The fourth-order valence-electron chi connectivity index (χ4n) is 4.28. The Kier molecular flexibility index (Phi) is 3.26. The molecule has 2 aromatic rings. The molecule has 0 aliphatic carbocycles. The molecule has 0 amide bonds. The molecule has 27 heavy (non-hydrogen) atoms. The summed E-state index contributed by atoms with van der Waals surface area (Å²) in [5.41, 5.74) is -3.86. The van der Waals surface area contributed by atoms with Crippen molar-refractivity contribution in [1.29, 1.82) is 5.26 Å². The van der Waals surface area contributed by atoms with Gasteiger partial charge in [0.2, 0.25) is 11.8 Å². The highest BCUT2D eigenvalue weighted by atomic mass is 19.4. The summed E-state index contributed by atoms with van der Waals surface area (Å²) in [4.78, 5) is 0. The van der Waals surface area contributed by atoms with E-state index in [9.17, 15) is 28.5 Å². The molecule has 3 N–H and O–H groups in total. The Balaban J connectivity index is 1.98. The number of aromatic nitrogens is 1. The van der Waals surface area contributed by atoms with Crippen LogP contribution in [0.15, 0.2) is 18.2 Å². The molecule has 3 atom stereocenters. The van der Waals surface area contributed by atoms with Gasteiger partial charge in [-0.25, -0.2) is 0 Å². The Labute approximate surface area is 151 Å². The lowest BCUT2D eigenvalue weighted by Crippen LogP contribution is -2.32. The highest BCUT2D eigenvalue weighted by molar-refractivity contribution is 5.62. The molecule has 0 saturated carbocycles. The fraction of sp³-hybridized carbons (Fsp3) is 0.389. The van der Waals surface area contributed by atoms with Crippen LogP contribution in [0.2, 0.25) is 0 Å². The molecule has 142 valence electrons. The van der Waals surface area contributed by atoms with E-state index in [4.69, 9.17) is 10.00 Å². The topological polar surface area (TPSA) is 98.6 Å². The molecule has 6 nitrogen and oxygen atoms in total. The summed E-state index contributed by atoms with van der Waals surface area (Å²) < 4.78 is 46.5. The second-order valence-electron chi connectivity index (χ2n) is 7.23. The minimum atomic E-state index is -4.78. The van der Waals surface area contributed by atoms with Gasteiger partial charge < -0.3 is 20.1 Å². The Morgan fingerprint density at radius 2 is 1.85 bits per heavy atom. The van der Waals surface area contributed by atoms with Crippen LogP contribution in [0, 0.1) is 11.3 Å². The summed E-state index contributed by atoms with van der Waals surface area (Å²) in [7, 11) is 0. The van der Waals surface area contributed by atoms with Gasteiger partial charge in [-0.05, 0) is 32.0 Å². The van der Waals surface area contributed by atoms with E-state index in [0.717, 1.165) is 10.6 Å². The van der Waals surface area contributed by atoms with Crippen LogP contribution in [-0.4, -0.2) is 26.0 Å². The molecule has 3 heterocycles. The molecule has 0 spiro atoms. The number of hydrogen-bond donors (Lipinski definition) is 3. The van der Waals surface area contributed by atoms with Gasteiger partial charge in [-0.1, -0.05) is 0 Å². The zero-order chi connectivity index (χ0) is 19.9. The molecule has 0 radical (unpaired) electrons. The second kappa shape index (κ2) is 4.97. The van der Waals surface area contributed by atoms with Crippen molar-refractivity contribution in [3.63, 3.8) is 0 Å². The molecular formula is C18H15F3N2O4. The molecule has 0 unspecified atom stereocenters. The molecule has 1 fully saturated rings. The molecule has 1 aromatic heterocycles. The summed E-state index contributed by atoms with van der Waals surface area (Å²) >= 11 is 0. The van der Waals surface area contributed by atoms with E-state index < -0.39 is 46.4 Å². The number of rotatable bonds is 1. The molecule has 1 aromatic carbocycles. The van der Waals surface area contributed by atoms with Gasteiger partial charge in [0, 0.05) is 6.42 Å². The summed E-state index contributed by atoms with van der Waals surface area (Å²) in [6.45, 7) is 3.19. The number of benzene rings is 1. The predicted octanol–water partition coefficient (Wildman–Crippen LogP) is 3.00. The first-order valence-corrected chi connectivity index (χ1v) is 8.11. The Morgan fingerprint density at radius 3 is 2.44 bits per heavy atom. The van der Waals surface area contributed by atoms with E-state index in [1.807, 2.05) is 0 Å². The smallest absolute Gasteiger partial charge is 0.417 e. The van der Waals surface area contributed by atoms with Crippen molar-refractivity contribution in [3.05, 3.63) is 40.5 Å². The average Bonchev–Trinajstić information content (AvgIpc) is 3.07. The Bertz CT molecular complexity index is 1020. The summed E-state index contributed by atoms with van der Waals surface area (Å²) in [5, 5.41) is 40.6. The number of aliphatic hydroxyl groups is 1. The van der Waals surface area contributed by atoms with Crippen molar-refractivity contribution < 1.29 is 33.2 Å². The number of nitriles is 1. The van der Waals surface area contributed by atoms with Gasteiger partial charge >= 0.3 is 6.18 Å². The molecule has 2 aliphatic heterocycles. The monoisotopic (exact) mass is 380 g/mol. The molecule has 1 saturated heterocycles. The number of aliphatic hydroxyl groups excluding tert-OH is 1. The lowest BCUT2D eigenvalue weighted by Gasteiger charge is -2.25. The predicted molar refractivity (Wildman–Crippen MR) is 85.2 cm³/mol. The van der Waals surface area contributed by atoms with Gasteiger partial charge in [0.25, 0.3) is 0 Å². The number of alkyl halides is 3. The van der Waals surface area contributed by atoms with Gasteiger partial charge in [0.1, 0.15) is 5.60 Å². The van der Waals surface area contributed by atoms with Crippen molar-refractivity contribution in [2.24, 2.45) is 0 Å². The highest BCUT2D eigenvalue weighted by Crippen LogP contribution is 2.64. The van der Waals surface area contributed by atoms with Gasteiger partial charge in [0.15, 0.2) is 0 Å². The van der Waals surface area contributed by atoms with Crippen molar-refractivity contribution >= 4 is 0 Å². The van der Waals surface area contributed by atoms with Gasteiger partial charge in [0.05, 0.1) is 45.7 Å². The standard InChI is InChI=1S/C18H15F3N2O4/c1-16-6-11(24)17(2,27-16)13-12(16)14(25)23(15(13)26)9-4-3-8(7-22)10(5-9)18(19,20)21/h3-5,11,24-26H,6H2,1-2H3/t11-,16-,17-/m0/s1. The maximum Gasteiger partial charge on any atom is 0.417 e. The quantitative estimate of drug-likeness (QED) is 0.706. The minimum Gasteiger partial charge on any atom is -0.494 e.